The highest BCUT2D eigenvalue weighted by molar-refractivity contribution is 5.32. The van der Waals surface area contributed by atoms with Crippen molar-refractivity contribution in [2.45, 2.75) is 44.9 Å². The van der Waals surface area contributed by atoms with E-state index in [1.54, 1.807) is 12.1 Å². The maximum atomic E-state index is 13.1. The molecule has 0 bridgehead atoms. The van der Waals surface area contributed by atoms with Crippen molar-refractivity contribution in [3.63, 3.8) is 0 Å². The number of nitrogens with one attached hydrogen (secondary N) is 1. The van der Waals surface area contributed by atoms with E-state index in [-0.39, 0.29) is 11.4 Å². The molecule has 0 fully saturated rings. The second-order valence-corrected chi connectivity index (χ2v) is 6.18. The third-order valence-electron chi connectivity index (χ3n) is 4.35. The number of aromatic nitrogens is 2. The zero-order chi connectivity index (χ0) is 15.0. The molecule has 2 aromatic rings. The molecule has 1 aromatic carbocycles. The first-order valence-corrected chi connectivity index (χ1v) is 7.37. The van der Waals surface area contributed by atoms with Gasteiger partial charge in [-0.2, -0.15) is 0 Å². The summed E-state index contributed by atoms with van der Waals surface area (Å²) < 4.78 is 13.1. The minimum absolute atomic E-state index is 0.0233. The molecule has 0 spiro atoms. The molecule has 4 heteroatoms. The van der Waals surface area contributed by atoms with Gasteiger partial charge in [0.15, 0.2) is 0 Å². The van der Waals surface area contributed by atoms with Crippen molar-refractivity contribution in [1.82, 2.24) is 9.97 Å². The molecule has 21 heavy (non-hydrogen) atoms. The average molecular weight is 286 g/mol. The van der Waals surface area contributed by atoms with Gasteiger partial charge in [-0.3, -0.25) is 4.79 Å². The topological polar surface area (TPSA) is 45.8 Å². The quantitative estimate of drug-likeness (QED) is 0.922. The van der Waals surface area contributed by atoms with E-state index in [0.717, 1.165) is 42.5 Å². The zero-order valence-corrected chi connectivity index (χ0v) is 12.4. The second kappa shape index (κ2) is 5.10. The number of H-pyrrole nitrogens is 1. The molecule has 0 unspecified atom stereocenters. The monoisotopic (exact) mass is 286 g/mol. The van der Waals surface area contributed by atoms with Crippen molar-refractivity contribution in [2.24, 2.45) is 0 Å². The van der Waals surface area contributed by atoms with Gasteiger partial charge in [0.25, 0.3) is 5.56 Å². The molecule has 1 aliphatic carbocycles. The Bertz CT molecular complexity index is 717. The Balaban J connectivity index is 2.08. The van der Waals surface area contributed by atoms with Crippen LogP contribution in [0.5, 0.6) is 0 Å². The number of rotatable bonds is 2. The molecular formula is C17H19FN2O. The lowest BCUT2D eigenvalue weighted by Gasteiger charge is -2.26. The number of fused-ring (bicyclic) bond motifs is 1. The van der Waals surface area contributed by atoms with Crippen LogP contribution >= 0.6 is 0 Å². The molecule has 0 saturated carbocycles. The summed E-state index contributed by atoms with van der Waals surface area (Å²) in [7, 11) is 0. The summed E-state index contributed by atoms with van der Waals surface area (Å²) in [5.41, 5.74) is 2.21. The number of hydrogen-bond acceptors (Lipinski definition) is 2. The van der Waals surface area contributed by atoms with Crippen molar-refractivity contribution < 1.29 is 4.39 Å². The third-order valence-corrected chi connectivity index (χ3v) is 4.35. The number of benzene rings is 1. The van der Waals surface area contributed by atoms with Crippen molar-refractivity contribution in [2.75, 3.05) is 0 Å². The van der Waals surface area contributed by atoms with Crippen molar-refractivity contribution in [3.8, 4) is 0 Å². The highest BCUT2D eigenvalue weighted by Crippen LogP contribution is 2.29. The molecule has 0 atom stereocenters. The van der Waals surface area contributed by atoms with Crippen LogP contribution in [0, 0.1) is 5.82 Å². The first-order chi connectivity index (χ1) is 9.98. The van der Waals surface area contributed by atoms with E-state index in [9.17, 15) is 9.18 Å². The van der Waals surface area contributed by atoms with Gasteiger partial charge in [-0.1, -0.05) is 12.1 Å². The molecule has 0 aliphatic heterocycles. The van der Waals surface area contributed by atoms with Crippen LogP contribution in [-0.4, -0.2) is 9.97 Å². The Labute approximate surface area is 123 Å². The minimum atomic E-state index is -0.459. The number of hydrogen-bond donors (Lipinski definition) is 1. The maximum Gasteiger partial charge on any atom is 0.254 e. The van der Waals surface area contributed by atoms with E-state index >= 15 is 0 Å². The normalized spacial score (nSPS) is 14.8. The lowest BCUT2D eigenvalue weighted by Crippen LogP contribution is -2.30. The van der Waals surface area contributed by atoms with Gasteiger partial charge in [-0.15, -0.1) is 0 Å². The highest BCUT2D eigenvalue weighted by Gasteiger charge is 2.28. The van der Waals surface area contributed by atoms with Crippen LogP contribution in [0.1, 0.15) is 49.3 Å². The fourth-order valence-corrected chi connectivity index (χ4v) is 2.90. The Hall–Kier alpha value is -1.97. The Morgan fingerprint density at radius 1 is 1.14 bits per heavy atom. The zero-order valence-electron chi connectivity index (χ0n) is 12.4. The van der Waals surface area contributed by atoms with Crippen LogP contribution in [-0.2, 0) is 18.3 Å². The van der Waals surface area contributed by atoms with Crippen molar-refractivity contribution >= 4 is 0 Å². The standard InChI is InChI=1S/C17H19FN2O/c1-17(2,11-7-9-12(18)10-8-11)16-19-14-6-4-3-5-13(14)15(21)20-16/h7-10H,3-6H2,1-2H3,(H,19,20,21). The molecule has 3 rings (SSSR count). The smallest absolute Gasteiger partial charge is 0.254 e. The largest absolute Gasteiger partial charge is 0.310 e. The van der Waals surface area contributed by atoms with E-state index < -0.39 is 5.41 Å². The Morgan fingerprint density at radius 3 is 2.52 bits per heavy atom. The minimum Gasteiger partial charge on any atom is -0.310 e. The number of aromatic amines is 1. The number of nitrogens with zero attached hydrogens (tertiary/aromatic N) is 1. The molecule has 0 amide bonds. The third kappa shape index (κ3) is 2.50. The van der Waals surface area contributed by atoms with Crippen molar-refractivity contribution in [3.05, 3.63) is 63.1 Å². The Kier molecular flexibility index (Phi) is 3.40. The summed E-state index contributed by atoms with van der Waals surface area (Å²) in [6.07, 6.45) is 3.82. The molecule has 0 saturated heterocycles. The summed E-state index contributed by atoms with van der Waals surface area (Å²) in [5.74, 6) is 0.390. The van der Waals surface area contributed by atoms with Crippen LogP contribution in [0.4, 0.5) is 4.39 Å². The predicted molar refractivity (Wildman–Crippen MR) is 80.0 cm³/mol. The first kappa shape index (κ1) is 14.0. The fraction of sp³-hybridized carbons (Fsp3) is 0.412. The fourth-order valence-electron chi connectivity index (χ4n) is 2.90. The summed E-state index contributed by atoms with van der Waals surface area (Å²) in [4.78, 5) is 19.9. The molecule has 0 radical (unpaired) electrons. The number of aryl methyl sites for hydroxylation is 1. The molecule has 110 valence electrons. The lowest BCUT2D eigenvalue weighted by atomic mass is 9.83. The van der Waals surface area contributed by atoms with E-state index in [1.165, 1.54) is 12.1 Å². The van der Waals surface area contributed by atoms with Gasteiger partial charge in [-0.05, 0) is 57.2 Å². The van der Waals surface area contributed by atoms with Gasteiger partial charge in [-0.25, -0.2) is 9.37 Å². The number of halogens is 1. The maximum absolute atomic E-state index is 13.1. The summed E-state index contributed by atoms with van der Waals surface area (Å²) in [5, 5.41) is 0. The molecule has 1 heterocycles. The van der Waals surface area contributed by atoms with Gasteiger partial charge in [0.05, 0.1) is 5.69 Å². The van der Waals surface area contributed by atoms with Crippen LogP contribution in [0.3, 0.4) is 0 Å². The Morgan fingerprint density at radius 2 is 1.81 bits per heavy atom. The van der Waals surface area contributed by atoms with Crippen LogP contribution in [0.15, 0.2) is 29.1 Å². The van der Waals surface area contributed by atoms with E-state index in [0.29, 0.717) is 5.82 Å². The molecule has 1 aliphatic rings. The molecule has 3 nitrogen and oxygen atoms in total. The summed E-state index contributed by atoms with van der Waals surface area (Å²) in [6.45, 7) is 3.99. The SMILES string of the molecule is CC(C)(c1ccc(F)cc1)c1nc2c(c(=O)[nH]1)CCCC2. The molecule has 1 N–H and O–H groups in total. The molecule has 1 aromatic heterocycles. The predicted octanol–water partition coefficient (Wildman–Crippen LogP) is 3.11. The second-order valence-electron chi connectivity index (χ2n) is 6.18. The summed E-state index contributed by atoms with van der Waals surface area (Å²) in [6, 6.07) is 6.37. The van der Waals surface area contributed by atoms with Gasteiger partial charge in [0.2, 0.25) is 0 Å². The molecular weight excluding hydrogens is 267 g/mol. The highest BCUT2D eigenvalue weighted by atomic mass is 19.1. The van der Waals surface area contributed by atoms with Crippen LogP contribution in [0.25, 0.3) is 0 Å². The summed E-state index contributed by atoms with van der Waals surface area (Å²) >= 11 is 0. The van der Waals surface area contributed by atoms with Gasteiger partial charge >= 0.3 is 0 Å². The first-order valence-electron chi connectivity index (χ1n) is 7.37. The average Bonchev–Trinajstić information content (AvgIpc) is 2.47. The van der Waals surface area contributed by atoms with E-state index in [1.807, 2.05) is 13.8 Å². The van der Waals surface area contributed by atoms with Gasteiger partial charge in [0.1, 0.15) is 11.6 Å². The van der Waals surface area contributed by atoms with Crippen LogP contribution < -0.4 is 5.56 Å². The van der Waals surface area contributed by atoms with E-state index in [2.05, 4.69) is 4.98 Å². The van der Waals surface area contributed by atoms with Crippen molar-refractivity contribution in [1.29, 1.82) is 0 Å². The van der Waals surface area contributed by atoms with Crippen LogP contribution in [0.2, 0.25) is 0 Å². The lowest BCUT2D eigenvalue weighted by molar-refractivity contribution is 0.561. The van der Waals surface area contributed by atoms with Gasteiger partial charge < -0.3 is 4.98 Å². The van der Waals surface area contributed by atoms with E-state index in [4.69, 9.17) is 4.98 Å². The van der Waals surface area contributed by atoms with Gasteiger partial charge in [0, 0.05) is 11.0 Å².